The van der Waals surface area contributed by atoms with Crippen molar-refractivity contribution >= 4 is 11.6 Å². The first-order valence-electron chi connectivity index (χ1n) is 8.00. The number of nitrogens with two attached hydrogens (primary N) is 1. The number of hydrogen-bond donors (Lipinski definition) is 3. The maximum atomic E-state index is 13.1. The second kappa shape index (κ2) is 4.88. The fourth-order valence-electron chi connectivity index (χ4n) is 4.16. The normalized spacial score (nSPS) is 26.1. The Morgan fingerprint density at radius 3 is 2.74 bits per heavy atom. The van der Waals surface area contributed by atoms with Crippen molar-refractivity contribution in [1.82, 2.24) is 5.32 Å². The van der Waals surface area contributed by atoms with Crippen LogP contribution in [0.3, 0.4) is 0 Å². The zero-order valence-electron chi connectivity index (χ0n) is 12.8. The number of rotatable bonds is 0. The third-order valence-electron chi connectivity index (χ3n) is 5.13. The summed E-state index contributed by atoms with van der Waals surface area (Å²) in [7, 11) is 0. The first-order valence-corrected chi connectivity index (χ1v) is 8.00. The molecule has 4 N–H and O–H groups in total. The molecule has 2 aliphatic heterocycles. The molecule has 1 aromatic carbocycles. The molecule has 116 valence electrons. The van der Waals surface area contributed by atoms with Gasteiger partial charge in [0.2, 0.25) is 5.91 Å². The summed E-state index contributed by atoms with van der Waals surface area (Å²) in [6.07, 6.45) is 4.89. The quantitative estimate of drug-likeness (QED) is 0.686. The number of allylic oxidation sites excluding steroid dienone is 1. The molecule has 1 spiro atoms. The van der Waals surface area contributed by atoms with Crippen molar-refractivity contribution in [2.24, 2.45) is 5.73 Å². The van der Waals surface area contributed by atoms with Crippen LogP contribution in [0, 0.1) is 11.3 Å². The fraction of sp³-hybridized carbons (Fsp3) is 0.333. The van der Waals surface area contributed by atoms with E-state index >= 15 is 0 Å². The molecular weight excluding hydrogens is 288 g/mol. The van der Waals surface area contributed by atoms with Crippen LogP contribution in [0.5, 0.6) is 0 Å². The van der Waals surface area contributed by atoms with Crippen molar-refractivity contribution in [1.29, 1.82) is 5.26 Å². The lowest BCUT2D eigenvalue weighted by Gasteiger charge is -2.36. The molecule has 1 amide bonds. The highest BCUT2D eigenvalue weighted by Gasteiger charge is 2.56. The zero-order valence-corrected chi connectivity index (χ0v) is 12.8. The average molecular weight is 306 g/mol. The molecule has 1 atom stereocenters. The van der Waals surface area contributed by atoms with Crippen molar-refractivity contribution < 1.29 is 4.79 Å². The van der Waals surface area contributed by atoms with Crippen LogP contribution in [0.4, 0.5) is 5.69 Å². The van der Waals surface area contributed by atoms with Crippen molar-refractivity contribution in [2.75, 3.05) is 5.32 Å². The summed E-state index contributed by atoms with van der Waals surface area (Å²) in [5.74, 6) is 0.147. The van der Waals surface area contributed by atoms with Gasteiger partial charge in [-0.25, -0.2) is 0 Å². The lowest BCUT2D eigenvalue weighted by Crippen LogP contribution is -2.46. The largest absolute Gasteiger partial charge is 0.384 e. The van der Waals surface area contributed by atoms with Crippen LogP contribution in [0.1, 0.15) is 37.7 Å². The standard InChI is InChI=1S/C18H18N4O/c19-10-13-16(20)21-14-8-3-1-2-6-11(14)18(13)12-7-4-5-9-15(12)22-17(18)23/h4-5,7,9,21H,1-3,6,8,20H2,(H,22,23). The van der Waals surface area contributed by atoms with Crippen LogP contribution in [0.2, 0.25) is 0 Å². The molecule has 3 aliphatic rings. The molecule has 0 saturated heterocycles. The molecule has 23 heavy (non-hydrogen) atoms. The molecule has 0 fully saturated rings. The average Bonchev–Trinajstić information content (AvgIpc) is 2.70. The van der Waals surface area contributed by atoms with Gasteiger partial charge >= 0.3 is 0 Å². The van der Waals surface area contributed by atoms with Gasteiger partial charge in [-0.15, -0.1) is 0 Å². The molecule has 0 bridgehead atoms. The van der Waals surface area contributed by atoms with Crippen molar-refractivity contribution in [3.8, 4) is 6.07 Å². The maximum Gasteiger partial charge on any atom is 0.244 e. The van der Waals surface area contributed by atoms with Gasteiger partial charge in [-0.05, 0) is 37.3 Å². The van der Waals surface area contributed by atoms with Crippen molar-refractivity contribution in [3.63, 3.8) is 0 Å². The van der Waals surface area contributed by atoms with E-state index in [0.29, 0.717) is 11.4 Å². The molecule has 0 saturated carbocycles. The number of anilines is 1. The lowest BCUT2D eigenvalue weighted by atomic mass is 9.66. The molecule has 0 aromatic heterocycles. The topological polar surface area (TPSA) is 90.9 Å². The Hall–Kier alpha value is -2.74. The first kappa shape index (κ1) is 13.9. The molecule has 1 unspecified atom stereocenters. The zero-order chi connectivity index (χ0) is 16.0. The summed E-state index contributed by atoms with van der Waals surface area (Å²) in [4.78, 5) is 13.1. The van der Waals surface area contributed by atoms with Gasteiger partial charge in [-0.2, -0.15) is 5.26 Å². The summed E-state index contributed by atoms with van der Waals surface area (Å²) in [5, 5.41) is 15.9. The second-order valence-corrected chi connectivity index (χ2v) is 6.29. The van der Waals surface area contributed by atoms with E-state index in [9.17, 15) is 10.1 Å². The second-order valence-electron chi connectivity index (χ2n) is 6.29. The number of para-hydroxylation sites is 1. The number of hydrogen-bond acceptors (Lipinski definition) is 4. The van der Waals surface area contributed by atoms with Crippen LogP contribution < -0.4 is 16.4 Å². The number of fused-ring (bicyclic) bond motifs is 3. The summed E-state index contributed by atoms with van der Waals surface area (Å²) >= 11 is 0. The van der Waals surface area contributed by atoms with E-state index in [1.165, 1.54) is 0 Å². The SMILES string of the molecule is N#CC1=C(N)NC2=C(CCCCC2)C12C(=O)Nc1ccccc12. The van der Waals surface area contributed by atoms with Gasteiger partial charge in [0, 0.05) is 16.9 Å². The van der Waals surface area contributed by atoms with Crippen LogP contribution in [-0.4, -0.2) is 5.91 Å². The van der Waals surface area contributed by atoms with E-state index in [0.717, 1.165) is 54.6 Å². The number of amides is 1. The van der Waals surface area contributed by atoms with Crippen LogP contribution in [-0.2, 0) is 10.2 Å². The number of carbonyl (C=O) groups is 1. The summed E-state index contributed by atoms with van der Waals surface area (Å²) in [6, 6.07) is 9.82. The van der Waals surface area contributed by atoms with Gasteiger partial charge < -0.3 is 16.4 Å². The van der Waals surface area contributed by atoms with Crippen molar-refractivity contribution in [2.45, 2.75) is 37.5 Å². The molecule has 5 heteroatoms. The Kier molecular flexibility index (Phi) is 2.95. The van der Waals surface area contributed by atoms with Gasteiger partial charge in [0.05, 0.1) is 5.57 Å². The number of benzene rings is 1. The van der Waals surface area contributed by atoms with E-state index in [2.05, 4.69) is 16.7 Å². The third kappa shape index (κ3) is 1.69. The Bertz CT molecular complexity index is 815. The van der Waals surface area contributed by atoms with E-state index < -0.39 is 5.41 Å². The highest BCUT2D eigenvalue weighted by Crippen LogP contribution is 2.52. The first-order chi connectivity index (χ1) is 11.2. The molecule has 1 aliphatic carbocycles. The predicted molar refractivity (Wildman–Crippen MR) is 86.8 cm³/mol. The predicted octanol–water partition coefficient (Wildman–Crippen LogP) is 2.39. The Morgan fingerprint density at radius 1 is 1.13 bits per heavy atom. The van der Waals surface area contributed by atoms with E-state index in [-0.39, 0.29) is 5.91 Å². The lowest BCUT2D eigenvalue weighted by molar-refractivity contribution is -0.118. The molecule has 4 rings (SSSR count). The number of carbonyl (C=O) groups excluding carboxylic acids is 1. The van der Waals surface area contributed by atoms with Gasteiger partial charge in [-0.3, -0.25) is 4.79 Å². The van der Waals surface area contributed by atoms with Gasteiger partial charge in [-0.1, -0.05) is 24.6 Å². The smallest absolute Gasteiger partial charge is 0.244 e. The Labute approximate surface area is 134 Å². The third-order valence-corrected chi connectivity index (χ3v) is 5.13. The number of dihydropyridines is 1. The number of nitrogens with zero attached hydrogens (tertiary/aromatic N) is 1. The van der Waals surface area contributed by atoms with Crippen molar-refractivity contribution in [3.05, 3.63) is 52.5 Å². The summed E-state index contributed by atoms with van der Waals surface area (Å²) in [5.41, 5.74) is 9.08. The highest BCUT2D eigenvalue weighted by atomic mass is 16.2. The summed E-state index contributed by atoms with van der Waals surface area (Å²) in [6.45, 7) is 0. The minimum absolute atomic E-state index is 0.158. The molecule has 2 heterocycles. The van der Waals surface area contributed by atoms with E-state index in [4.69, 9.17) is 5.73 Å². The Morgan fingerprint density at radius 2 is 1.91 bits per heavy atom. The van der Waals surface area contributed by atoms with Crippen LogP contribution in [0.25, 0.3) is 0 Å². The number of nitriles is 1. The number of nitrogens with one attached hydrogen (secondary N) is 2. The molecule has 5 nitrogen and oxygen atoms in total. The molecular formula is C18H18N4O. The van der Waals surface area contributed by atoms with Crippen LogP contribution >= 0.6 is 0 Å². The minimum atomic E-state index is -1.06. The van der Waals surface area contributed by atoms with Gasteiger partial charge in [0.1, 0.15) is 17.3 Å². The molecule has 0 radical (unpaired) electrons. The monoisotopic (exact) mass is 306 g/mol. The van der Waals surface area contributed by atoms with Crippen LogP contribution in [0.15, 0.2) is 46.9 Å². The highest BCUT2D eigenvalue weighted by molar-refractivity contribution is 6.12. The van der Waals surface area contributed by atoms with E-state index in [1.807, 2.05) is 24.3 Å². The van der Waals surface area contributed by atoms with Gasteiger partial charge in [0.25, 0.3) is 0 Å². The van der Waals surface area contributed by atoms with E-state index in [1.54, 1.807) is 0 Å². The fourth-order valence-corrected chi connectivity index (χ4v) is 4.16. The van der Waals surface area contributed by atoms with Gasteiger partial charge in [0.15, 0.2) is 0 Å². The Balaban J connectivity index is 2.06. The maximum absolute atomic E-state index is 13.1. The summed E-state index contributed by atoms with van der Waals surface area (Å²) < 4.78 is 0. The minimum Gasteiger partial charge on any atom is -0.384 e. The molecule has 1 aromatic rings.